The van der Waals surface area contributed by atoms with Gasteiger partial charge in [-0.1, -0.05) is 0 Å². The van der Waals surface area contributed by atoms with Crippen LogP contribution in [0.3, 0.4) is 0 Å². The van der Waals surface area contributed by atoms with Gasteiger partial charge in [0, 0.05) is 6.54 Å². The molecule has 0 saturated heterocycles. The first-order chi connectivity index (χ1) is 11.6. The summed E-state index contributed by atoms with van der Waals surface area (Å²) in [6.45, 7) is 0.744. The van der Waals surface area contributed by atoms with E-state index in [0.717, 1.165) is 0 Å². The average molecular weight is 362 g/mol. The highest BCUT2D eigenvalue weighted by atomic mass is 16.4. The van der Waals surface area contributed by atoms with Crippen LogP contribution in [0.1, 0.15) is 19.8 Å². The molecule has 0 spiro atoms. The number of carboxylic acids is 1. The summed E-state index contributed by atoms with van der Waals surface area (Å²) in [5.41, 5.74) is 10.8. The standard InChI is InChI=1S/C13H26N6O6/c1-6(21)9(12(24)25)19-11(23)8(5-20)18-10(22)7(14)3-2-4-17-13(15)16/h6-9,20-21H,2-5,14H2,1H3,(H,18,22)(H,19,23)(H,24,25)(H4,15,16,17)/t6-,7+,8+,9+/m1/s1. The van der Waals surface area contributed by atoms with Gasteiger partial charge < -0.3 is 42.7 Å². The number of nitrogens with two attached hydrogens (primary N) is 2. The fourth-order valence-corrected chi connectivity index (χ4v) is 1.79. The van der Waals surface area contributed by atoms with Crippen LogP contribution in [0.15, 0.2) is 0 Å². The van der Waals surface area contributed by atoms with Crippen LogP contribution in [-0.4, -0.2) is 76.4 Å². The maximum Gasteiger partial charge on any atom is 0.328 e. The van der Waals surface area contributed by atoms with E-state index in [4.69, 9.17) is 22.0 Å². The minimum Gasteiger partial charge on any atom is -0.480 e. The third kappa shape index (κ3) is 8.83. The lowest BCUT2D eigenvalue weighted by Crippen LogP contribution is -2.57. The number of aliphatic hydroxyl groups is 2. The van der Waals surface area contributed by atoms with Crippen LogP contribution in [0.5, 0.6) is 0 Å². The molecule has 0 aromatic carbocycles. The van der Waals surface area contributed by atoms with E-state index < -0.39 is 48.6 Å². The second-order valence-corrected chi connectivity index (χ2v) is 5.40. The van der Waals surface area contributed by atoms with Crippen molar-refractivity contribution in [3.63, 3.8) is 0 Å². The number of guanidine groups is 1. The fraction of sp³-hybridized carbons (Fsp3) is 0.692. The molecule has 144 valence electrons. The first-order valence-corrected chi connectivity index (χ1v) is 7.56. The summed E-state index contributed by atoms with van der Waals surface area (Å²) < 4.78 is 0. The summed E-state index contributed by atoms with van der Waals surface area (Å²) in [7, 11) is 0. The molecule has 0 saturated carbocycles. The Morgan fingerprint density at radius 3 is 2.24 bits per heavy atom. The lowest BCUT2D eigenvalue weighted by Gasteiger charge is -2.22. The zero-order valence-electron chi connectivity index (χ0n) is 13.9. The Hall–Kier alpha value is -2.44. The van der Waals surface area contributed by atoms with E-state index in [1.54, 1.807) is 0 Å². The molecule has 25 heavy (non-hydrogen) atoms. The largest absolute Gasteiger partial charge is 0.480 e. The van der Waals surface area contributed by atoms with E-state index in [1.807, 2.05) is 5.32 Å². The number of carboxylic acid groups (broad SMARTS) is 1. The van der Waals surface area contributed by atoms with Crippen molar-refractivity contribution >= 4 is 23.7 Å². The molecule has 12 heteroatoms. The van der Waals surface area contributed by atoms with Crippen molar-refractivity contribution in [1.29, 1.82) is 5.41 Å². The summed E-state index contributed by atoms with van der Waals surface area (Å²) in [5.74, 6) is -3.34. The van der Waals surface area contributed by atoms with Gasteiger partial charge in [0.2, 0.25) is 11.8 Å². The van der Waals surface area contributed by atoms with Gasteiger partial charge >= 0.3 is 5.97 Å². The van der Waals surface area contributed by atoms with Gasteiger partial charge in [-0.25, -0.2) is 4.79 Å². The number of aliphatic hydroxyl groups excluding tert-OH is 2. The molecule has 0 rings (SSSR count). The third-order valence-corrected chi connectivity index (χ3v) is 3.21. The molecule has 0 radical (unpaired) electrons. The summed E-state index contributed by atoms with van der Waals surface area (Å²) >= 11 is 0. The summed E-state index contributed by atoms with van der Waals surface area (Å²) in [6, 6.07) is -3.96. The van der Waals surface area contributed by atoms with Crippen LogP contribution in [-0.2, 0) is 14.4 Å². The molecule has 0 aliphatic rings. The Balaban J connectivity index is 4.54. The molecule has 0 aliphatic carbocycles. The van der Waals surface area contributed by atoms with E-state index in [-0.39, 0.29) is 12.4 Å². The number of hydrogen-bond donors (Lipinski definition) is 9. The number of rotatable bonds is 11. The summed E-state index contributed by atoms with van der Waals surface area (Å²) in [4.78, 5) is 34.8. The highest BCUT2D eigenvalue weighted by molar-refractivity contribution is 5.92. The first kappa shape index (κ1) is 22.6. The van der Waals surface area contributed by atoms with E-state index in [0.29, 0.717) is 13.0 Å². The lowest BCUT2D eigenvalue weighted by molar-refractivity contribution is -0.145. The topological polar surface area (TPSA) is 224 Å². The molecular formula is C13H26N6O6. The Morgan fingerprint density at radius 1 is 1.20 bits per heavy atom. The molecule has 12 nitrogen and oxygen atoms in total. The van der Waals surface area contributed by atoms with Crippen molar-refractivity contribution < 1.29 is 29.7 Å². The maximum atomic E-state index is 11.9. The second kappa shape index (κ2) is 11.2. The monoisotopic (exact) mass is 362 g/mol. The molecule has 4 atom stereocenters. The highest BCUT2D eigenvalue weighted by Crippen LogP contribution is 1.98. The minimum atomic E-state index is -1.58. The van der Waals surface area contributed by atoms with Gasteiger partial charge in [-0.2, -0.15) is 0 Å². The molecule has 2 amide bonds. The number of amides is 2. The van der Waals surface area contributed by atoms with Gasteiger partial charge in [0.25, 0.3) is 0 Å². The molecule has 0 bridgehead atoms. The Bertz CT molecular complexity index is 486. The van der Waals surface area contributed by atoms with Gasteiger partial charge in [0.05, 0.1) is 18.8 Å². The maximum absolute atomic E-state index is 11.9. The van der Waals surface area contributed by atoms with Gasteiger partial charge in [-0.3, -0.25) is 15.0 Å². The third-order valence-electron chi connectivity index (χ3n) is 3.21. The highest BCUT2D eigenvalue weighted by Gasteiger charge is 2.29. The van der Waals surface area contributed by atoms with E-state index in [1.165, 1.54) is 6.92 Å². The first-order valence-electron chi connectivity index (χ1n) is 7.56. The Labute approximate surface area is 144 Å². The Kier molecular flexibility index (Phi) is 10.1. The van der Waals surface area contributed by atoms with Crippen molar-refractivity contribution in [2.45, 2.75) is 44.0 Å². The SMILES string of the molecule is C[C@@H](O)[C@H](NC(=O)[C@H](CO)NC(=O)[C@@H](N)CCCNC(=N)N)C(=O)O. The molecule has 0 aromatic rings. The molecule has 0 fully saturated rings. The predicted molar refractivity (Wildman–Crippen MR) is 87.4 cm³/mol. The molecule has 0 heterocycles. The zero-order chi connectivity index (χ0) is 19.6. The summed E-state index contributed by atoms with van der Waals surface area (Å²) in [6.07, 6.45) is -0.697. The van der Waals surface area contributed by atoms with Crippen molar-refractivity contribution in [2.24, 2.45) is 11.5 Å². The van der Waals surface area contributed by atoms with E-state index in [9.17, 15) is 24.6 Å². The number of carbonyl (C=O) groups excluding carboxylic acids is 2. The summed E-state index contributed by atoms with van der Waals surface area (Å²) in [5, 5.41) is 41.2. The van der Waals surface area contributed by atoms with Crippen LogP contribution in [0, 0.1) is 5.41 Å². The Morgan fingerprint density at radius 2 is 1.80 bits per heavy atom. The fourth-order valence-electron chi connectivity index (χ4n) is 1.79. The molecule has 0 aromatic heterocycles. The van der Waals surface area contributed by atoms with Crippen molar-refractivity contribution in [3.05, 3.63) is 0 Å². The van der Waals surface area contributed by atoms with Crippen molar-refractivity contribution in [2.75, 3.05) is 13.2 Å². The number of carbonyl (C=O) groups is 3. The van der Waals surface area contributed by atoms with Gasteiger partial charge in [0.15, 0.2) is 12.0 Å². The molecule has 11 N–H and O–H groups in total. The molecular weight excluding hydrogens is 336 g/mol. The van der Waals surface area contributed by atoms with Crippen molar-refractivity contribution in [3.8, 4) is 0 Å². The van der Waals surface area contributed by atoms with Crippen molar-refractivity contribution in [1.82, 2.24) is 16.0 Å². The number of hydrogen-bond acceptors (Lipinski definition) is 7. The molecule has 0 unspecified atom stereocenters. The lowest BCUT2D eigenvalue weighted by atomic mass is 10.1. The average Bonchev–Trinajstić information content (AvgIpc) is 2.52. The van der Waals surface area contributed by atoms with Crippen LogP contribution in [0.2, 0.25) is 0 Å². The van der Waals surface area contributed by atoms with Crippen LogP contribution < -0.4 is 27.4 Å². The van der Waals surface area contributed by atoms with E-state index in [2.05, 4.69) is 10.6 Å². The minimum absolute atomic E-state index is 0.207. The zero-order valence-corrected chi connectivity index (χ0v) is 13.9. The second-order valence-electron chi connectivity index (χ2n) is 5.40. The van der Waals surface area contributed by atoms with Crippen LogP contribution in [0.4, 0.5) is 0 Å². The quantitative estimate of drug-likeness (QED) is 0.0990. The van der Waals surface area contributed by atoms with Gasteiger partial charge in [-0.15, -0.1) is 0 Å². The van der Waals surface area contributed by atoms with Crippen LogP contribution in [0.25, 0.3) is 0 Å². The molecule has 0 aliphatic heterocycles. The number of aliphatic carboxylic acids is 1. The predicted octanol–water partition coefficient (Wildman–Crippen LogP) is -4.00. The van der Waals surface area contributed by atoms with Gasteiger partial charge in [0.1, 0.15) is 6.04 Å². The van der Waals surface area contributed by atoms with Gasteiger partial charge in [-0.05, 0) is 19.8 Å². The smallest absolute Gasteiger partial charge is 0.328 e. The normalized spacial score (nSPS) is 15.4. The van der Waals surface area contributed by atoms with Crippen LogP contribution >= 0.6 is 0 Å². The number of nitrogens with one attached hydrogen (secondary N) is 4. The van der Waals surface area contributed by atoms with E-state index >= 15 is 0 Å².